The first kappa shape index (κ1) is 14.9. The highest BCUT2D eigenvalue weighted by Gasteiger charge is 2.10. The Bertz CT molecular complexity index is 892. The molecule has 0 aliphatic rings. The van der Waals surface area contributed by atoms with Crippen molar-refractivity contribution in [2.45, 2.75) is 0 Å². The van der Waals surface area contributed by atoms with Crippen LogP contribution in [0.4, 0.5) is 0 Å². The number of hydrogen-bond acceptors (Lipinski definition) is 6. The maximum Gasteiger partial charge on any atom is 0.337 e. The van der Waals surface area contributed by atoms with Gasteiger partial charge in [-0.25, -0.2) is 9.89 Å². The summed E-state index contributed by atoms with van der Waals surface area (Å²) in [7, 11) is 1.34. The predicted octanol–water partition coefficient (Wildman–Crippen LogP) is 2.87. The van der Waals surface area contributed by atoms with E-state index in [1.807, 2.05) is 0 Å². The molecule has 0 saturated heterocycles. The van der Waals surface area contributed by atoms with Crippen LogP contribution in [0.5, 0.6) is 0 Å². The van der Waals surface area contributed by atoms with Crippen molar-refractivity contribution in [3.8, 4) is 11.6 Å². The summed E-state index contributed by atoms with van der Waals surface area (Å²) >= 11 is 5.16. The van der Waals surface area contributed by atoms with Crippen LogP contribution in [0.1, 0.15) is 15.9 Å². The Labute approximate surface area is 136 Å². The Hall–Kier alpha value is -3.00. The average Bonchev–Trinajstić information content (AvgIpc) is 3.22. The second-order valence-electron chi connectivity index (χ2n) is 4.50. The summed E-state index contributed by atoms with van der Waals surface area (Å²) in [6.45, 7) is 0. The van der Waals surface area contributed by atoms with Gasteiger partial charge in [-0.15, -0.1) is 5.10 Å². The number of nitrogens with one attached hydrogen (secondary N) is 1. The van der Waals surface area contributed by atoms with Gasteiger partial charge < -0.3 is 9.15 Å². The summed E-state index contributed by atoms with van der Waals surface area (Å²) in [6.07, 6.45) is 3.16. The smallest absolute Gasteiger partial charge is 0.337 e. The van der Waals surface area contributed by atoms with Crippen LogP contribution in [0, 0.1) is 4.77 Å². The Balaban J connectivity index is 1.88. The standard InChI is InChI=1S/C15H12N4O3S/c1-21-14(20)11-6-4-10(5-7-11)9-16-19-13(17-18-15(19)23)12-3-2-8-22-12/h2-9H,1H3,(H,18,23)/b16-9+. The van der Waals surface area contributed by atoms with Gasteiger partial charge in [0, 0.05) is 0 Å². The summed E-state index contributed by atoms with van der Waals surface area (Å²) < 4.78 is 11.8. The fourth-order valence-corrected chi connectivity index (χ4v) is 2.09. The molecule has 0 saturated carbocycles. The van der Waals surface area contributed by atoms with Crippen LogP contribution in [0.3, 0.4) is 0 Å². The highest BCUT2D eigenvalue weighted by molar-refractivity contribution is 7.71. The zero-order valence-corrected chi connectivity index (χ0v) is 12.9. The lowest BCUT2D eigenvalue weighted by Gasteiger charge is -2.00. The van der Waals surface area contributed by atoms with E-state index in [9.17, 15) is 4.79 Å². The van der Waals surface area contributed by atoms with Gasteiger partial charge in [-0.1, -0.05) is 12.1 Å². The first-order valence-electron chi connectivity index (χ1n) is 6.63. The zero-order chi connectivity index (χ0) is 16.2. The van der Waals surface area contributed by atoms with E-state index < -0.39 is 0 Å². The maximum absolute atomic E-state index is 11.4. The number of methoxy groups -OCH3 is 1. The van der Waals surface area contributed by atoms with Gasteiger partial charge in [0.1, 0.15) is 0 Å². The van der Waals surface area contributed by atoms with Crippen LogP contribution in [-0.2, 0) is 4.74 Å². The quantitative estimate of drug-likeness (QED) is 0.452. The van der Waals surface area contributed by atoms with E-state index in [0.29, 0.717) is 21.9 Å². The molecule has 0 atom stereocenters. The van der Waals surface area contributed by atoms with Gasteiger partial charge in [0.2, 0.25) is 10.6 Å². The van der Waals surface area contributed by atoms with Crippen molar-refractivity contribution in [2.75, 3.05) is 7.11 Å². The molecule has 2 aromatic heterocycles. The highest BCUT2D eigenvalue weighted by atomic mass is 32.1. The van der Waals surface area contributed by atoms with Gasteiger partial charge in [0.25, 0.3) is 0 Å². The molecule has 3 aromatic rings. The van der Waals surface area contributed by atoms with E-state index in [0.717, 1.165) is 5.56 Å². The van der Waals surface area contributed by atoms with Gasteiger partial charge in [-0.3, -0.25) is 0 Å². The molecule has 0 bridgehead atoms. The Kier molecular flexibility index (Phi) is 4.15. The monoisotopic (exact) mass is 328 g/mol. The lowest BCUT2D eigenvalue weighted by molar-refractivity contribution is 0.0600. The molecule has 0 aliphatic carbocycles. The molecule has 0 fully saturated rings. The topological polar surface area (TPSA) is 85.4 Å². The number of esters is 1. The Morgan fingerprint density at radius 3 is 2.83 bits per heavy atom. The first-order chi connectivity index (χ1) is 11.2. The molecular weight excluding hydrogens is 316 g/mol. The van der Waals surface area contributed by atoms with E-state index in [4.69, 9.17) is 16.6 Å². The van der Waals surface area contributed by atoms with Crippen molar-refractivity contribution in [1.82, 2.24) is 14.9 Å². The number of carbonyl (C=O) groups is 1. The summed E-state index contributed by atoms with van der Waals surface area (Å²) in [6, 6.07) is 10.4. The lowest BCUT2D eigenvalue weighted by Crippen LogP contribution is -2.01. The Morgan fingerprint density at radius 2 is 2.17 bits per heavy atom. The van der Waals surface area contributed by atoms with Crippen LogP contribution < -0.4 is 0 Å². The van der Waals surface area contributed by atoms with Gasteiger partial charge in [-0.2, -0.15) is 9.78 Å². The minimum absolute atomic E-state index is 0.346. The second-order valence-corrected chi connectivity index (χ2v) is 4.89. The van der Waals surface area contributed by atoms with E-state index in [-0.39, 0.29) is 5.97 Å². The molecular formula is C15H12N4O3S. The average molecular weight is 328 g/mol. The number of H-pyrrole nitrogens is 1. The number of furan rings is 1. The number of nitrogens with zero attached hydrogens (tertiary/aromatic N) is 3. The lowest BCUT2D eigenvalue weighted by atomic mass is 10.1. The molecule has 7 nitrogen and oxygen atoms in total. The van der Waals surface area contributed by atoms with E-state index in [1.54, 1.807) is 48.9 Å². The normalized spacial score (nSPS) is 11.0. The highest BCUT2D eigenvalue weighted by Crippen LogP contribution is 2.17. The number of carbonyl (C=O) groups excluding carboxylic acids is 1. The van der Waals surface area contributed by atoms with Crippen LogP contribution in [0.2, 0.25) is 0 Å². The third-order valence-corrected chi connectivity index (χ3v) is 3.31. The van der Waals surface area contributed by atoms with Gasteiger partial charge >= 0.3 is 5.97 Å². The predicted molar refractivity (Wildman–Crippen MR) is 85.9 cm³/mol. The zero-order valence-electron chi connectivity index (χ0n) is 12.1. The fraction of sp³-hybridized carbons (Fsp3) is 0.0667. The third-order valence-electron chi connectivity index (χ3n) is 3.05. The Morgan fingerprint density at radius 1 is 1.39 bits per heavy atom. The molecule has 0 unspecified atom stereocenters. The second kappa shape index (κ2) is 6.41. The first-order valence-corrected chi connectivity index (χ1v) is 7.04. The molecule has 0 spiro atoms. The van der Waals surface area contributed by atoms with Crippen molar-refractivity contribution in [3.63, 3.8) is 0 Å². The molecule has 0 amide bonds. The molecule has 1 aromatic carbocycles. The number of hydrogen-bond donors (Lipinski definition) is 1. The molecule has 116 valence electrons. The number of rotatable bonds is 4. The van der Waals surface area contributed by atoms with Gasteiger partial charge in [0.15, 0.2) is 5.76 Å². The molecule has 0 aliphatic heterocycles. The number of aromatic nitrogens is 3. The molecule has 8 heteroatoms. The number of benzene rings is 1. The third kappa shape index (κ3) is 3.11. The number of aromatic amines is 1. The molecule has 0 radical (unpaired) electrons. The van der Waals surface area contributed by atoms with Crippen molar-refractivity contribution >= 4 is 24.4 Å². The number of ether oxygens (including phenoxy) is 1. The van der Waals surface area contributed by atoms with Crippen LogP contribution in [0.25, 0.3) is 11.6 Å². The summed E-state index contributed by atoms with van der Waals surface area (Å²) in [5.41, 5.74) is 1.27. The van der Waals surface area contributed by atoms with Crippen molar-refractivity contribution in [2.24, 2.45) is 5.10 Å². The maximum atomic E-state index is 11.4. The van der Waals surface area contributed by atoms with Gasteiger partial charge in [0.05, 0.1) is 25.2 Å². The van der Waals surface area contributed by atoms with E-state index in [2.05, 4.69) is 20.0 Å². The summed E-state index contributed by atoms with van der Waals surface area (Å²) in [5.74, 6) is 0.642. The minimum Gasteiger partial charge on any atom is -0.465 e. The van der Waals surface area contributed by atoms with Crippen LogP contribution in [-0.4, -0.2) is 34.2 Å². The molecule has 23 heavy (non-hydrogen) atoms. The largest absolute Gasteiger partial charge is 0.465 e. The van der Waals surface area contributed by atoms with E-state index >= 15 is 0 Å². The fourth-order valence-electron chi connectivity index (χ4n) is 1.91. The molecule has 1 N–H and O–H groups in total. The molecule has 2 heterocycles. The summed E-state index contributed by atoms with van der Waals surface area (Å²) in [5, 5.41) is 11.1. The minimum atomic E-state index is -0.384. The van der Waals surface area contributed by atoms with Crippen molar-refractivity contribution in [1.29, 1.82) is 0 Å². The van der Waals surface area contributed by atoms with Gasteiger partial charge in [-0.05, 0) is 42.0 Å². The van der Waals surface area contributed by atoms with Crippen molar-refractivity contribution in [3.05, 3.63) is 58.6 Å². The molecule has 3 rings (SSSR count). The van der Waals surface area contributed by atoms with Crippen LogP contribution in [0.15, 0.2) is 52.2 Å². The van der Waals surface area contributed by atoms with E-state index in [1.165, 1.54) is 11.8 Å². The van der Waals surface area contributed by atoms with Crippen LogP contribution >= 0.6 is 12.2 Å². The summed E-state index contributed by atoms with van der Waals surface area (Å²) in [4.78, 5) is 11.4. The SMILES string of the molecule is COC(=O)c1ccc(/C=N/n2c(-c3ccco3)n[nH]c2=S)cc1. The van der Waals surface area contributed by atoms with Crippen molar-refractivity contribution < 1.29 is 13.9 Å².